The molecule has 3 rings (SSSR count). The van der Waals surface area contributed by atoms with E-state index in [2.05, 4.69) is 72.0 Å². The molecule has 2 aromatic carbocycles. The lowest BCUT2D eigenvalue weighted by atomic mass is 10.1. The van der Waals surface area contributed by atoms with Crippen LogP contribution in [0.2, 0.25) is 0 Å². The number of aryl methyl sites for hydroxylation is 1. The van der Waals surface area contributed by atoms with Gasteiger partial charge in [0.05, 0.1) is 0 Å². The number of hydrogen-bond donors (Lipinski definition) is 2. The van der Waals surface area contributed by atoms with Gasteiger partial charge in [-0.2, -0.15) is 0 Å². The summed E-state index contributed by atoms with van der Waals surface area (Å²) in [6.45, 7) is 4.06. The Kier molecular flexibility index (Phi) is 3.84. The fourth-order valence-corrected chi connectivity index (χ4v) is 2.60. The van der Waals surface area contributed by atoms with Crippen LogP contribution in [0.15, 0.2) is 54.7 Å². The Morgan fingerprint density at radius 1 is 1.05 bits per heavy atom. The molecule has 3 aromatic rings. The van der Waals surface area contributed by atoms with Gasteiger partial charge < -0.3 is 10.3 Å². The van der Waals surface area contributed by atoms with Crippen LogP contribution in [0.25, 0.3) is 10.9 Å². The molecule has 0 saturated heterocycles. The van der Waals surface area contributed by atoms with E-state index in [0.717, 1.165) is 19.5 Å². The van der Waals surface area contributed by atoms with E-state index in [1.807, 2.05) is 0 Å². The topological polar surface area (TPSA) is 27.8 Å². The van der Waals surface area contributed by atoms with Crippen molar-refractivity contribution in [2.24, 2.45) is 0 Å². The number of para-hydroxylation sites is 1. The molecular weight excluding hydrogens is 244 g/mol. The van der Waals surface area contributed by atoms with E-state index in [0.29, 0.717) is 0 Å². The van der Waals surface area contributed by atoms with Crippen LogP contribution in [0.1, 0.15) is 16.7 Å². The molecule has 0 aliphatic rings. The molecule has 0 aliphatic carbocycles. The maximum absolute atomic E-state index is 3.53. The average molecular weight is 264 g/mol. The smallest absolute Gasteiger partial charge is 0.0457 e. The lowest BCUT2D eigenvalue weighted by Gasteiger charge is -2.05. The number of benzene rings is 2. The minimum absolute atomic E-state index is 0.913. The summed E-state index contributed by atoms with van der Waals surface area (Å²) in [6.07, 6.45) is 3.17. The van der Waals surface area contributed by atoms with E-state index in [9.17, 15) is 0 Å². The Bertz CT molecular complexity index is 697. The monoisotopic (exact) mass is 264 g/mol. The molecule has 2 N–H and O–H groups in total. The molecule has 20 heavy (non-hydrogen) atoms. The molecule has 0 spiro atoms. The minimum atomic E-state index is 0.913. The van der Waals surface area contributed by atoms with Crippen LogP contribution >= 0.6 is 0 Å². The molecule has 2 heteroatoms. The molecule has 1 heterocycles. The second-order valence-corrected chi connectivity index (χ2v) is 5.28. The lowest BCUT2D eigenvalue weighted by molar-refractivity contribution is 0.689. The van der Waals surface area contributed by atoms with Crippen LogP contribution in [-0.4, -0.2) is 11.5 Å². The van der Waals surface area contributed by atoms with Crippen molar-refractivity contribution >= 4 is 10.9 Å². The Labute approximate surface area is 119 Å². The Morgan fingerprint density at radius 3 is 2.85 bits per heavy atom. The highest BCUT2D eigenvalue weighted by molar-refractivity contribution is 5.82. The second-order valence-electron chi connectivity index (χ2n) is 5.28. The average Bonchev–Trinajstić information content (AvgIpc) is 2.87. The molecule has 0 atom stereocenters. The van der Waals surface area contributed by atoms with Gasteiger partial charge >= 0.3 is 0 Å². The van der Waals surface area contributed by atoms with Crippen molar-refractivity contribution < 1.29 is 0 Å². The summed E-state index contributed by atoms with van der Waals surface area (Å²) in [4.78, 5) is 3.31. The lowest BCUT2D eigenvalue weighted by Crippen LogP contribution is -2.16. The standard InChI is InChI=1S/C18H20N2/c1-14-5-4-6-15(11-14)9-10-19-12-16-13-20-18-8-3-2-7-17(16)18/h2-8,11,13,19-20H,9-10,12H2,1H3. The predicted molar refractivity (Wildman–Crippen MR) is 84.9 cm³/mol. The number of nitrogens with one attached hydrogen (secondary N) is 2. The molecule has 0 aliphatic heterocycles. The van der Waals surface area contributed by atoms with Crippen LogP contribution in [-0.2, 0) is 13.0 Å². The molecular formula is C18H20N2. The van der Waals surface area contributed by atoms with Crippen molar-refractivity contribution in [3.05, 3.63) is 71.4 Å². The van der Waals surface area contributed by atoms with Crippen molar-refractivity contribution in [2.75, 3.05) is 6.54 Å². The first-order valence-electron chi connectivity index (χ1n) is 7.14. The maximum Gasteiger partial charge on any atom is 0.0457 e. The normalized spacial score (nSPS) is 11.1. The quantitative estimate of drug-likeness (QED) is 0.674. The summed E-state index contributed by atoms with van der Waals surface area (Å²) in [7, 11) is 0. The van der Waals surface area contributed by atoms with Crippen LogP contribution in [0.3, 0.4) is 0 Å². The van der Waals surface area contributed by atoms with Gasteiger partial charge in [-0.15, -0.1) is 0 Å². The van der Waals surface area contributed by atoms with Gasteiger partial charge in [-0.05, 0) is 37.1 Å². The van der Waals surface area contributed by atoms with Gasteiger partial charge in [-0.25, -0.2) is 0 Å². The second kappa shape index (κ2) is 5.93. The van der Waals surface area contributed by atoms with Gasteiger partial charge in [-0.3, -0.25) is 0 Å². The van der Waals surface area contributed by atoms with Gasteiger partial charge in [-0.1, -0.05) is 48.0 Å². The van der Waals surface area contributed by atoms with Crippen molar-refractivity contribution in [2.45, 2.75) is 19.9 Å². The number of aromatic amines is 1. The summed E-state index contributed by atoms with van der Waals surface area (Å²) >= 11 is 0. The van der Waals surface area contributed by atoms with Crippen molar-refractivity contribution in [3.63, 3.8) is 0 Å². The predicted octanol–water partition coefficient (Wildman–Crippen LogP) is 3.81. The van der Waals surface area contributed by atoms with E-state index >= 15 is 0 Å². The van der Waals surface area contributed by atoms with E-state index in [-0.39, 0.29) is 0 Å². The van der Waals surface area contributed by atoms with Crippen LogP contribution < -0.4 is 5.32 Å². The summed E-state index contributed by atoms with van der Waals surface area (Å²) in [5, 5.41) is 4.84. The van der Waals surface area contributed by atoms with E-state index in [1.165, 1.54) is 27.6 Å². The van der Waals surface area contributed by atoms with Crippen molar-refractivity contribution in [3.8, 4) is 0 Å². The summed E-state index contributed by atoms with van der Waals surface area (Å²) < 4.78 is 0. The Balaban J connectivity index is 1.55. The number of hydrogen-bond acceptors (Lipinski definition) is 1. The number of fused-ring (bicyclic) bond motifs is 1. The molecule has 1 aromatic heterocycles. The highest BCUT2D eigenvalue weighted by Crippen LogP contribution is 2.17. The first-order valence-corrected chi connectivity index (χ1v) is 7.14. The molecule has 0 saturated carbocycles. The molecule has 2 nitrogen and oxygen atoms in total. The molecule has 0 bridgehead atoms. The highest BCUT2D eigenvalue weighted by Gasteiger charge is 2.01. The van der Waals surface area contributed by atoms with Gasteiger partial charge in [0.25, 0.3) is 0 Å². The van der Waals surface area contributed by atoms with Gasteiger partial charge in [0, 0.05) is 23.6 Å². The third-order valence-corrected chi connectivity index (χ3v) is 3.66. The Hall–Kier alpha value is -2.06. The first kappa shape index (κ1) is 12.9. The van der Waals surface area contributed by atoms with Crippen molar-refractivity contribution in [1.82, 2.24) is 10.3 Å². The molecule has 0 amide bonds. The Morgan fingerprint density at radius 2 is 1.95 bits per heavy atom. The van der Waals surface area contributed by atoms with Gasteiger partial charge in [0.15, 0.2) is 0 Å². The van der Waals surface area contributed by atoms with Gasteiger partial charge in [0.1, 0.15) is 0 Å². The third-order valence-electron chi connectivity index (χ3n) is 3.66. The van der Waals surface area contributed by atoms with Crippen LogP contribution in [0.4, 0.5) is 0 Å². The molecule has 0 fully saturated rings. The number of aromatic nitrogens is 1. The van der Waals surface area contributed by atoms with Gasteiger partial charge in [0.2, 0.25) is 0 Å². The zero-order valence-electron chi connectivity index (χ0n) is 11.8. The SMILES string of the molecule is Cc1cccc(CCNCc2c[nH]c3ccccc23)c1. The van der Waals surface area contributed by atoms with E-state index in [4.69, 9.17) is 0 Å². The number of H-pyrrole nitrogens is 1. The summed E-state index contributed by atoms with van der Waals surface area (Å²) in [5.74, 6) is 0. The highest BCUT2D eigenvalue weighted by atomic mass is 14.9. The summed E-state index contributed by atoms with van der Waals surface area (Å²) in [5.41, 5.74) is 5.28. The zero-order valence-corrected chi connectivity index (χ0v) is 11.8. The third kappa shape index (κ3) is 2.91. The fraction of sp³-hybridized carbons (Fsp3) is 0.222. The van der Waals surface area contributed by atoms with E-state index in [1.54, 1.807) is 0 Å². The zero-order chi connectivity index (χ0) is 13.8. The fourth-order valence-electron chi connectivity index (χ4n) is 2.60. The van der Waals surface area contributed by atoms with Crippen molar-refractivity contribution in [1.29, 1.82) is 0 Å². The van der Waals surface area contributed by atoms with Crippen LogP contribution in [0.5, 0.6) is 0 Å². The van der Waals surface area contributed by atoms with E-state index < -0.39 is 0 Å². The molecule has 102 valence electrons. The maximum atomic E-state index is 3.53. The molecule has 0 radical (unpaired) electrons. The van der Waals surface area contributed by atoms with Crippen LogP contribution in [0, 0.1) is 6.92 Å². The minimum Gasteiger partial charge on any atom is -0.361 e. The number of rotatable bonds is 5. The largest absolute Gasteiger partial charge is 0.361 e. The first-order chi connectivity index (χ1) is 9.83. The molecule has 0 unspecified atom stereocenters. The summed E-state index contributed by atoms with van der Waals surface area (Å²) in [6, 6.07) is 17.2.